The molecule has 4 aromatic rings. The maximum atomic E-state index is 12.1. The molecule has 2 fully saturated rings. The first kappa shape index (κ1) is 34.1. The van der Waals surface area contributed by atoms with Gasteiger partial charge in [0.2, 0.25) is 0 Å². The highest BCUT2D eigenvalue weighted by molar-refractivity contribution is 6.30. The molecule has 3 N–H and O–H groups in total. The van der Waals surface area contributed by atoms with Gasteiger partial charge in [-0.3, -0.25) is 14.5 Å². The molecule has 4 heterocycles. The number of hydrogen-bond donors (Lipinski definition) is 3. The van der Waals surface area contributed by atoms with Crippen LogP contribution in [0.25, 0.3) is 0 Å². The summed E-state index contributed by atoms with van der Waals surface area (Å²) in [5.74, 6) is 1.04. The summed E-state index contributed by atoms with van der Waals surface area (Å²) < 4.78 is 11.5. The summed E-state index contributed by atoms with van der Waals surface area (Å²) in [6.45, 7) is 4.01. The number of likely N-dealkylation sites (tertiary alicyclic amines) is 1. The summed E-state index contributed by atoms with van der Waals surface area (Å²) in [4.78, 5) is 34.7. The van der Waals surface area contributed by atoms with Gasteiger partial charge in [0.15, 0.2) is 0 Å². The molecule has 0 spiro atoms. The lowest BCUT2D eigenvalue weighted by Gasteiger charge is -2.37. The zero-order valence-electron chi connectivity index (χ0n) is 26.1. The third-order valence-electron chi connectivity index (χ3n) is 7.98. The molecule has 0 aliphatic carbocycles. The number of amides is 2. The van der Waals surface area contributed by atoms with E-state index in [0.29, 0.717) is 71.3 Å². The quantitative estimate of drug-likeness (QED) is 0.176. The van der Waals surface area contributed by atoms with Gasteiger partial charge in [0.25, 0.3) is 11.8 Å². The van der Waals surface area contributed by atoms with Crippen molar-refractivity contribution in [3.8, 4) is 11.5 Å². The van der Waals surface area contributed by atoms with Crippen LogP contribution in [-0.4, -0.2) is 72.1 Å². The molecule has 47 heavy (non-hydrogen) atoms. The molecule has 2 aliphatic rings. The lowest BCUT2D eigenvalue weighted by molar-refractivity contribution is 0.0767. The highest BCUT2D eigenvalue weighted by Crippen LogP contribution is 2.22. The Morgan fingerprint density at radius 2 is 1.30 bits per heavy atom. The molecule has 0 radical (unpaired) electrons. The Balaban J connectivity index is 0.000000185. The highest BCUT2D eigenvalue weighted by atomic mass is 35.5. The van der Waals surface area contributed by atoms with Crippen LogP contribution < -0.4 is 25.4 Å². The molecule has 0 saturated carbocycles. The van der Waals surface area contributed by atoms with Gasteiger partial charge in [-0.05, 0) is 69.4 Å². The molecule has 0 unspecified atom stereocenters. The second kappa shape index (κ2) is 17.1. The van der Waals surface area contributed by atoms with E-state index in [1.165, 1.54) is 0 Å². The smallest absolute Gasteiger partial charge is 0.251 e. The predicted octanol–water partition coefficient (Wildman–Crippen LogP) is 5.15. The molecule has 2 aliphatic heterocycles. The number of ether oxygens (including phenoxy) is 2. The van der Waals surface area contributed by atoms with Gasteiger partial charge in [0, 0.05) is 47.4 Å². The summed E-state index contributed by atoms with van der Waals surface area (Å²) in [7, 11) is 2.09. The minimum atomic E-state index is -0.147. The number of nitrogens with zero attached hydrogens (tertiary/aromatic N) is 3. The van der Waals surface area contributed by atoms with Crippen LogP contribution in [0.3, 0.4) is 0 Å². The Hall–Kier alpha value is -4.22. The van der Waals surface area contributed by atoms with E-state index in [4.69, 9.17) is 32.7 Å². The van der Waals surface area contributed by atoms with E-state index in [-0.39, 0.29) is 11.8 Å². The van der Waals surface area contributed by atoms with Crippen LogP contribution in [0.5, 0.6) is 11.5 Å². The molecule has 246 valence electrons. The number of pyridine rings is 2. The van der Waals surface area contributed by atoms with Crippen LogP contribution in [0.2, 0.25) is 10.3 Å². The Labute approximate surface area is 284 Å². The van der Waals surface area contributed by atoms with E-state index < -0.39 is 0 Å². The van der Waals surface area contributed by atoms with Crippen molar-refractivity contribution in [3.05, 3.63) is 118 Å². The fraction of sp³-hybridized carbons (Fsp3) is 0.314. The van der Waals surface area contributed by atoms with Crippen molar-refractivity contribution in [1.29, 1.82) is 0 Å². The van der Waals surface area contributed by atoms with Crippen molar-refractivity contribution < 1.29 is 19.1 Å². The van der Waals surface area contributed by atoms with E-state index in [1.807, 2.05) is 48.5 Å². The third-order valence-corrected chi connectivity index (χ3v) is 8.66. The summed E-state index contributed by atoms with van der Waals surface area (Å²) in [5, 5.41) is 9.70. The number of carbonyl (C=O) groups excluding carboxylic acids is 2. The highest BCUT2D eigenvalue weighted by Gasteiger charge is 2.24. The van der Waals surface area contributed by atoms with Gasteiger partial charge in [-0.15, -0.1) is 0 Å². The molecule has 2 amide bonds. The largest absolute Gasteiger partial charge is 0.490 e. The van der Waals surface area contributed by atoms with Gasteiger partial charge in [0.1, 0.15) is 35.0 Å². The Bertz CT molecular complexity index is 1630. The molecule has 2 saturated heterocycles. The van der Waals surface area contributed by atoms with E-state index in [2.05, 4.69) is 37.9 Å². The van der Waals surface area contributed by atoms with E-state index >= 15 is 0 Å². The van der Waals surface area contributed by atoms with Crippen LogP contribution in [0.15, 0.2) is 85.2 Å². The lowest BCUT2D eigenvalue weighted by atomic mass is 10.1. The van der Waals surface area contributed by atoms with Crippen molar-refractivity contribution in [2.24, 2.45) is 0 Å². The molecule has 2 aromatic heterocycles. The lowest BCUT2D eigenvalue weighted by Crippen LogP contribution is -2.48. The molecule has 10 nitrogen and oxygen atoms in total. The Morgan fingerprint density at radius 3 is 1.70 bits per heavy atom. The van der Waals surface area contributed by atoms with Crippen molar-refractivity contribution in [1.82, 2.24) is 30.8 Å². The molecular weight excluding hydrogens is 639 g/mol. The normalized spacial score (nSPS) is 16.8. The zero-order chi connectivity index (χ0) is 33.0. The average molecular weight is 678 g/mol. The zero-order valence-corrected chi connectivity index (χ0v) is 27.6. The van der Waals surface area contributed by atoms with Crippen LogP contribution >= 0.6 is 23.2 Å². The molecule has 2 atom stereocenters. The van der Waals surface area contributed by atoms with Crippen LogP contribution in [0.1, 0.15) is 44.7 Å². The number of benzene rings is 2. The first-order valence-corrected chi connectivity index (χ1v) is 16.3. The second-order valence-electron chi connectivity index (χ2n) is 11.3. The summed E-state index contributed by atoms with van der Waals surface area (Å²) in [6.07, 6.45) is 5.49. The van der Waals surface area contributed by atoms with Crippen molar-refractivity contribution in [3.63, 3.8) is 0 Å². The summed E-state index contributed by atoms with van der Waals surface area (Å²) >= 11 is 12.2. The van der Waals surface area contributed by atoms with Crippen LogP contribution in [0, 0.1) is 0 Å². The van der Waals surface area contributed by atoms with Crippen molar-refractivity contribution in [2.45, 2.75) is 38.0 Å². The van der Waals surface area contributed by atoms with E-state index in [0.717, 1.165) is 37.1 Å². The number of nitrogens with one attached hydrogen (secondary N) is 3. The fourth-order valence-corrected chi connectivity index (χ4v) is 5.08. The maximum Gasteiger partial charge on any atom is 0.251 e. The Kier molecular flexibility index (Phi) is 12.4. The van der Waals surface area contributed by atoms with Crippen molar-refractivity contribution >= 4 is 35.0 Å². The number of rotatable bonds is 12. The number of likely N-dealkylation sites (N-methyl/N-ethyl adjacent to an activating group) is 1. The van der Waals surface area contributed by atoms with Crippen LogP contribution in [0.4, 0.5) is 0 Å². The monoisotopic (exact) mass is 676 g/mol. The summed E-state index contributed by atoms with van der Waals surface area (Å²) in [5.41, 5.74) is 2.69. The minimum absolute atomic E-state index is 0.144. The number of aromatic nitrogens is 2. The third kappa shape index (κ3) is 10.1. The molecule has 6 rings (SSSR count). The number of carbonyl (C=O) groups is 2. The van der Waals surface area contributed by atoms with Gasteiger partial charge in [-0.25, -0.2) is 9.97 Å². The number of hydrogen-bond acceptors (Lipinski definition) is 8. The van der Waals surface area contributed by atoms with Gasteiger partial charge >= 0.3 is 0 Å². The molecule has 0 bridgehead atoms. The van der Waals surface area contributed by atoms with Gasteiger partial charge < -0.3 is 25.4 Å². The topological polar surface area (TPSA) is 118 Å². The molecular formula is C35H38Cl2N6O4. The first-order valence-electron chi connectivity index (χ1n) is 15.5. The SMILES string of the molecule is CN1CC[C@H]1COc1cnc(Cl)c(CNC(=O)c2ccccc2)c1.O=C(NCc1cc(OC[C@@H]2CCN2)cnc1Cl)c1ccccc1. The van der Waals surface area contributed by atoms with Gasteiger partial charge in [-0.2, -0.15) is 0 Å². The number of halogens is 2. The minimum Gasteiger partial charge on any atom is -0.490 e. The molecule has 2 aromatic carbocycles. The second-order valence-corrected chi connectivity index (χ2v) is 12.0. The average Bonchev–Trinajstić information content (AvgIpc) is 3.08. The van der Waals surface area contributed by atoms with Crippen molar-refractivity contribution in [2.75, 3.05) is 33.4 Å². The first-order chi connectivity index (χ1) is 22.9. The summed E-state index contributed by atoms with van der Waals surface area (Å²) in [6, 6.07) is 22.6. The van der Waals surface area contributed by atoms with Gasteiger partial charge in [0.05, 0.1) is 12.4 Å². The van der Waals surface area contributed by atoms with E-state index in [1.54, 1.807) is 36.7 Å². The predicted molar refractivity (Wildman–Crippen MR) is 182 cm³/mol. The Morgan fingerprint density at radius 1 is 0.809 bits per heavy atom. The molecule has 12 heteroatoms. The van der Waals surface area contributed by atoms with E-state index in [9.17, 15) is 9.59 Å². The fourth-order valence-electron chi connectivity index (χ4n) is 4.74. The van der Waals surface area contributed by atoms with Crippen LogP contribution in [-0.2, 0) is 13.1 Å². The standard InChI is InChI=1S/C18H20ClN3O2.C17H18ClN3O2/c1-22-8-7-15(22)12-24-16-9-14(17(19)20-11-16)10-21-18(23)13-5-3-2-4-6-13;18-16-13(9-21-17(22)12-4-2-1-3-5-12)8-15(10-20-16)23-11-14-6-7-19-14/h2-6,9,11,15H,7-8,10,12H2,1H3,(H,21,23);1-5,8,10,14,19H,6-7,9,11H2,(H,21,22)/t15-;14-/m00/s1. The maximum absolute atomic E-state index is 12.1. The van der Waals surface area contributed by atoms with Gasteiger partial charge in [-0.1, -0.05) is 59.6 Å².